The summed E-state index contributed by atoms with van der Waals surface area (Å²) in [4.78, 5) is 41.1. The second kappa shape index (κ2) is 12.4. The maximum Gasteiger partial charge on any atom is 0.412 e. The van der Waals surface area contributed by atoms with Crippen LogP contribution in [-0.4, -0.2) is 54.2 Å². The highest BCUT2D eigenvalue weighted by Crippen LogP contribution is 2.24. The summed E-state index contributed by atoms with van der Waals surface area (Å²) in [6, 6.07) is 16.3. The number of ether oxygens (including phenoxy) is 3. The molecule has 0 bridgehead atoms. The van der Waals surface area contributed by atoms with Crippen LogP contribution in [-0.2, 0) is 4.74 Å². The van der Waals surface area contributed by atoms with Crippen LogP contribution in [0, 0.1) is 0 Å². The van der Waals surface area contributed by atoms with Crippen molar-refractivity contribution in [3.8, 4) is 17.2 Å². The van der Waals surface area contributed by atoms with Crippen LogP contribution in [0.25, 0.3) is 0 Å². The minimum atomic E-state index is -1.22. The highest BCUT2D eigenvalue weighted by Gasteiger charge is 2.13. The van der Waals surface area contributed by atoms with Crippen LogP contribution in [0.2, 0.25) is 0 Å². The Morgan fingerprint density at radius 3 is 2.11 bits per heavy atom. The van der Waals surface area contributed by atoms with E-state index in [-0.39, 0.29) is 5.69 Å². The molecule has 4 rings (SSSR count). The molecule has 0 atom stereocenters. The largest absolute Gasteiger partial charge is 0.492 e. The maximum absolute atomic E-state index is 12.4. The van der Waals surface area contributed by atoms with E-state index in [1.54, 1.807) is 36.4 Å². The molecule has 1 aromatic heterocycles. The molecule has 1 aliphatic rings. The minimum absolute atomic E-state index is 0.132. The Bertz CT molecular complexity index is 1230. The van der Waals surface area contributed by atoms with Gasteiger partial charge in [0.25, 0.3) is 0 Å². The van der Waals surface area contributed by atoms with E-state index in [0.717, 1.165) is 25.4 Å². The quantitative estimate of drug-likeness (QED) is 0.289. The fraction of sp³-hybridized carbons (Fsp3) is 0.231. The maximum atomic E-state index is 12.4. The Kier molecular flexibility index (Phi) is 8.50. The number of hydrogen-bond acceptors (Lipinski definition) is 8. The first-order chi connectivity index (χ1) is 17.9. The number of carbonyl (C=O) groups excluding carboxylic acids is 3. The van der Waals surface area contributed by atoms with Crippen LogP contribution < -0.4 is 25.8 Å². The number of amides is 3. The SMILES string of the molecule is NC(=O)OC(=O)c1cc(Oc2ccc(NC(=O)Nc3ccc(OCCN4CCCC4)cc3)cc2)ccn1. The van der Waals surface area contributed by atoms with E-state index in [2.05, 4.69) is 25.3 Å². The van der Waals surface area contributed by atoms with Crippen LogP contribution in [0.5, 0.6) is 17.2 Å². The Morgan fingerprint density at radius 2 is 1.49 bits per heavy atom. The molecule has 0 radical (unpaired) electrons. The van der Waals surface area contributed by atoms with Gasteiger partial charge in [0.15, 0.2) is 5.69 Å². The number of nitrogens with one attached hydrogen (secondary N) is 2. The standard InChI is InChI=1S/C26H27N5O6/c27-25(33)37-24(32)23-17-22(11-12-28-23)36-21-9-5-19(6-10-21)30-26(34)29-18-3-7-20(8-4-18)35-16-15-31-13-1-2-14-31/h3-12,17H,1-2,13-16H2,(H2,27,33)(H2,29,30,34). The van der Waals surface area contributed by atoms with Crippen molar-refractivity contribution in [1.82, 2.24) is 9.88 Å². The molecule has 2 heterocycles. The number of benzene rings is 2. The first-order valence-corrected chi connectivity index (χ1v) is 11.7. The fourth-order valence-electron chi connectivity index (χ4n) is 3.70. The second-order valence-corrected chi connectivity index (χ2v) is 8.21. The summed E-state index contributed by atoms with van der Waals surface area (Å²) in [6.07, 6.45) is 2.62. The number of aromatic nitrogens is 1. The zero-order chi connectivity index (χ0) is 26.0. The number of nitrogens with zero attached hydrogens (tertiary/aromatic N) is 2. The van der Waals surface area contributed by atoms with Crippen LogP contribution in [0.4, 0.5) is 21.0 Å². The van der Waals surface area contributed by atoms with Crippen LogP contribution in [0.3, 0.4) is 0 Å². The molecule has 3 amide bonds. The molecule has 4 N–H and O–H groups in total. The van der Waals surface area contributed by atoms with E-state index < -0.39 is 18.1 Å². The predicted molar refractivity (Wildman–Crippen MR) is 136 cm³/mol. The molecule has 2 aromatic carbocycles. The van der Waals surface area contributed by atoms with Gasteiger partial charge in [-0.1, -0.05) is 0 Å². The molecule has 11 heteroatoms. The van der Waals surface area contributed by atoms with Gasteiger partial charge < -0.3 is 30.6 Å². The van der Waals surface area contributed by atoms with Gasteiger partial charge >= 0.3 is 18.1 Å². The molecular formula is C26H27N5O6. The second-order valence-electron chi connectivity index (χ2n) is 8.21. The van der Waals surface area contributed by atoms with Crippen molar-refractivity contribution in [2.75, 3.05) is 36.9 Å². The van der Waals surface area contributed by atoms with E-state index >= 15 is 0 Å². The third-order valence-corrected chi connectivity index (χ3v) is 5.47. The van der Waals surface area contributed by atoms with Gasteiger partial charge in [0, 0.05) is 30.2 Å². The van der Waals surface area contributed by atoms with Gasteiger partial charge in [0.2, 0.25) is 0 Å². The molecule has 0 aliphatic carbocycles. The topological polar surface area (TPSA) is 145 Å². The van der Waals surface area contributed by atoms with Crippen LogP contribution in [0.1, 0.15) is 23.3 Å². The van der Waals surface area contributed by atoms with Crippen molar-refractivity contribution >= 4 is 29.5 Å². The summed E-state index contributed by atoms with van der Waals surface area (Å²) >= 11 is 0. The number of likely N-dealkylation sites (tertiary alicyclic amines) is 1. The lowest BCUT2D eigenvalue weighted by atomic mass is 10.3. The average molecular weight is 506 g/mol. The lowest BCUT2D eigenvalue weighted by molar-refractivity contribution is 0.0631. The van der Waals surface area contributed by atoms with Crippen LogP contribution >= 0.6 is 0 Å². The molecule has 0 spiro atoms. The molecule has 192 valence electrons. The lowest BCUT2D eigenvalue weighted by Crippen LogP contribution is -2.25. The Labute approximate surface area is 213 Å². The molecule has 1 saturated heterocycles. The lowest BCUT2D eigenvalue weighted by Gasteiger charge is -2.15. The minimum Gasteiger partial charge on any atom is -0.492 e. The number of rotatable bonds is 9. The first-order valence-electron chi connectivity index (χ1n) is 11.7. The van der Waals surface area contributed by atoms with E-state index in [9.17, 15) is 14.4 Å². The number of carbonyl (C=O) groups is 3. The predicted octanol–water partition coefficient (Wildman–Crippen LogP) is 4.23. The van der Waals surface area contributed by atoms with Crippen molar-refractivity contribution in [2.45, 2.75) is 12.8 Å². The van der Waals surface area contributed by atoms with Gasteiger partial charge in [-0.2, -0.15) is 0 Å². The molecule has 0 saturated carbocycles. The van der Waals surface area contributed by atoms with E-state index in [0.29, 0.717) is 29.5 Å². The number of anilines is 2. The zero-order valence-electron chi connectivity index (χ0n) is 20.0. The van der Waals surface area contributed by atoms with E-state index in [1.165, 1.54) is 31.2 Å². The average Bonchev–Trinajstić information content (AvgIpc) is 3.40. The highest BCUT2D eigenvalue weighted by atomic mass is 16.6. The monoisotopic (exact) mass is 505 g/mol. The normalized spacial score (nSPS) is 13.0. The summed E-state index contributed by atoms with van der Waals surface area (Å²) in [5.41, 5.74) is 5.89. The number of pyridine rings is 1. The Hall–Kier alpha value is -4.64. The third-order valence-electron chi connectivity index (χ3n) is 5.47. The number of nitrogens with two attached hydrogens (primary N) is 1. The van der Waals surface area contributed by atoms with E-state index in [4.69, 9.17) is 15.2 Å². The number of urea groups is 1. The van der Waals surface area contributed by atoms with Gasteiger partial charge in [-0.15, -0.1) is 0 Å². The smallest absolute Gasteiger partial charge is 0.412 e. The van der Waals surface area contributed by atoms with Crippen molar-refractivity contribution in [3.05, 3.63) is 72.6 Å². The molecule has 11 nitrogen and oxygen atoms in total. The molecule has 0 unspecified atom stereocenters. The van der Waals surface area contributed by atoms with Crippen molar-refractivity contribution in [2.24, 2.45) is 5.73 Å². The third kappa shape index (κ3) is 7.94. The summed E-state index contributed by atoms with van der Waals surface area (Å²) < 4.78 is 15.8. The molecule has 1 aliphatic heterocycles. The fourth-order valence-corrected chi connectivity index (χ4v) is 3.70. The highest BCUT2D eigenvalue weighted by molar-refractivity contribution is 5.99. The molecule has 3 aromatic rings. The van der Waals surface area contributed by atoms with E-state index in [1.807, 2.05) is 12.1 Å². The van der Waals surface area contributed by atoms with Gasteiger partial charge in [0.1, 0.15) is 23.9 Å². The molecule has 37 heavy (non-hydrogen) atoms. The van der Waals surface area contributed by atoms with Crippen LogP contribution in [0.15, 0.2) is 66.9 Å². The number of primary amides is 1. The van der Waals surface area contributed by atoms with Gasteiger partial charge in [-0.3, -0.25) is 4.90 Å². The summed E-state index contributed by atoms with van der Waals surface area (Å²) in [6.45, 7) is 3.83. The summed E-state index contributed by atoms with van der Waals surface area (Å²) in [5.74, 6) is 0.523. The van der Waals surface area contributed by atoms with Gasteiger partial charge in [-0.05, 0) is 80.5 Å². The summed E-state index contributed by atoms with van der Waals surface area (Å²) in [7, 11) is 0. The Balaban J connectivity index is 1.23. The number of esters is 1. The molecule has 1 fully saturated rings. The summed E-state index contributed by atoms with van der Waals surface area (Å²) in [5, 5.41) is 5.52. The first kappa shape index (κ1) is 25.5. The zero-order valence-corrected chi connectivity index (χ0v) is 20.0. The number of hydrogen-bond donors (Lipinski definition) is 3. The molecular weight excluding hydrogens is 478 g/mol. The van der Waals surface area contributed by atoms with Crippen molar-refractivity contribution in [1.29, 1.82) is 0 Å². The van der Waals surface area contributed by atoms with Gasteiger partial charge in [-0.25, -0.2) is 19.4 Å². The van der Waals surface area contributed by atoms with Crippen molar-refractivity contribution in [3.63, 3.8) is 0 Å². The Morgan fingerprint density at radius 1 is 0.865 bits per heavy atom. The van der Waals surface area contributed by atoms with Crippen molar-refractivity contribution < 1.29 is 28.6 Å². The van der Waals surface area contributed by atoms with Gasteiger partial charge in [0.05, 0.1) is 0 Å².